The average Bonchev–Trinajstić information content (AvgIpc) is 3.21. The Morgan fingerprint density at radius 2 is 1.81 bits per heavy atom. The largest absolute Gasteiger partial charge is 0.496 e. The Bertz CT molecular complexity index is 1240. The molecule has 31 heavy (non-hydrogen) atoms. The number of aliphatic hydroxyl groups is 1. The van der Waals surface area contributed by atoms with Crippen LogP contribution in [0.1, 0.15) is 43.6 Å². The Morgan fingerprint density at radius 1 is 1.10 bits per heavy atom. The minimum Gasteiger partial charge on any atom is -0.496 e. The summed E-state index contributed by atoms with van der Waals surface area (Å²) < 4.78 is 7.36. The van der Waals surface area contributed by atoms with Gasteiger partial charge in [-0.25, -0.2) is 9.97 Å². The van der Waals surface area contributed by atoms with Crippen molar-refractivity contribution in [2.24, 2.45) is 0 Å². The molecule has 0 aliphatic rings. The van der Waals surface area contributed by atoms with Crippen LogP contribution in [0.2, 0.25) is 0 Å². The number of nitriles is 1. The van der Waals surface area contributed by atoms with Crippen LogP contribution in [-0.4, -0.2) is 26.8 Å². The quantitative estimate of drug-likeness (QED) is 0.486. The molecule has 0 aliphatic carbocycles. The Balaban J connectivity index is 0.00000132. The van der Waals surface area contributed by atoms with Crippen LogP contribution >= 0.6 is 0 Å². The highest BCUT2D eigenvalue weighted by Crippen LogP contribution is 2.30. The van der Waals surface area contributed by atoms with E-state index < -0.39 is 6.10 Å². The van der Waals surface area contributed by atoms with Crippen molar-refractivity contribution in [2.75, 3.05) is 7.11 Å². The van der Waals surface area contributed by atoms with Crippen LogP contribution < -0.4 is 4.74 Å². The van der Waals surface area contributed by atoms with Gasteiger partial charge in [-0.2, -0.15) is 5.26 Å². The normalized spacial score (nSPS) is 11.4. The number of hydrogen-bond donors (Lipinski definition) is 1. The van der Waals surface area contributed by atoms with Gasteiger partial charge in [-0.1, -0.05) is 32.0 Å². The fourth-order valence-corrected chi connectivity index (χ4v) is 3.41. The highest BCUT2D eigenvalue weighted by molar-refractivity contribution is 5.80. The van der Waals surface area contributed by atoms with Crippen LogP contribution in [-0.2, 0) is 0 Å². The lowest BCUT2D eigenvalue weighted by atomic mass is 10.0. The van der Waals surface area contributed by atoms with Gasteiger partial charge in [-0.3, -0.25) is 4.57 Å². The number of aromatic nitrogens is 3. The Hall–Kier alpha value is -3.69. The Kier molecular flexibility index (Phi) is 6.68. The molecule has 4 rings (SSSR count). The van der Waals surface area contributed by atoms with E-state index in [0.717, 1.165) is 33.5 Å². The van der Waals surface area contributed by atoms with Gasteiger partial charge in [-0.05, 0) is 43.7 Å². The van der Waals surface area contributed by atoms with Gasteiger partial charge in [0.05, 0.1) is 41.6 Å². The lowest BCUT2D eigenvalue weighted by Gasteiger charge is -2.14. The first-order chi connectivity index (χ1) is 15.0. The number of aryl methyl sites for hydroxylation is 1. The molecule has 0 amide bonds. The molecule has 0 saturated carbocycles. The minimum atomic E-state index is -0.676. The molecule has 1 unspecified atom stereocenters. The molecule has 0 bridgehead atoms. The zero-order chi connectivity index (χ0) is 22.5. The summed E-state index contributed by atoms with van der Waals surface area (Å²) in [5.41, 5.74) is 5.55. The third-order valence-electron chi connectivity index (χ3n) is 4.96. The predicted molar refractivity (Wildman–Crippen MR) is 122 cm³/mol. The zero-order valence-corrected chi connectivity index (χ0v) is 18.4. The van der Waals surface area contributed by atoms with Gasteiger partial charge < -0.3 is 9.84 Å². The molecular weight excluding hydrogens is 388 g/mol. The summed E-state index contributed by atoms with van der Waals surface area (Å²) in [6.07, 6.45) is 1.06. The summed E-state index contributed by atoms with van der Waals surface area (Å²) in [5.74, 6) is 1.47. The van der Waals surface area contributed by atoms with Crippen LogP contribution in [0, 0.1) is 18.3 Å². The predicted octanol–water partition coefficient (Wildman–Crippen LogP) is 5.36. The molecule has 0 radical (unpaired) electrons. The van der Waals surface area contributed by atoms with Crippen LogP contribution in [0.25, 0.3) is 28.1 Å². The maximum atomic E-state index is 10.2. The second-order valence-corrected chi connectivity index (χ2v) is 6.90. The number of nitrogens with zero attached hydrogens (tertiary/aromatic N) is 4. The fourth-order valence-electron chi connectivity index (χ4n) is 3.41. The van der Waals surface area contributed by atoms with E-state index in [0.29, 0.717) is 17.1 Å². The molecule has 2 heterocycles. The molecular formula is C25H26N4O2. The topological polar surface area (TPSA) is 84.0 Å². The summed E-state index contributed by atoms with van der Waals surface area (Å²) in [7, 11) is 1.65. The number of ether oxygens (including phenoxy) is 1. The summed E-state index contributed by atoms with van der Waals surface area (Å²) in [5, 5.41) is 19.3. The van der Waals surface area contributed by atoms with Crippen LogP contribution in [0.3, 0.4) is 0 Å². The Morgan fingerprint density at radius 3 is 2.42 bits per heavy atom. The molecule has 1 atom stereocenters. The number of rotatable bonds is 4. The van der Waals surface area contributed by atoms with E-state index in [1.807, 2.05) is 61.7 Å². The first-order valence-electron chi connectivity index (χ1n) is 10.2. The molecule has 0 saturated heterocycles. The highest BCUT2D eigenvalue weighted by atomic mass is 16.5. The number of imidazole rings is 1. The van der Waals surface area contributed by atoms with Crippen molar-refractivity contribution in [2.45, 2.75) is 33.8 Å². The molecule has 4 aromatic rings. The van der Waals surface area contributed by atoms with Gasteiger partial charge in [0, 0.05) is 17.2 Å². The first kappa shape index (κ1) is 22.0. The van der Waals surface area contributed by atoms with E-state index >= 15 is 0 Å². The molecule has 0 fully saturated rings. The molecule has 6 nitrogen and oxygen atoms in total. The number of hydrogen-bond acceptors (Lipinski definition) is 5. The van der Waals surface area contributed by atoms with E-state index in [1.54, 1.807) is 32.5 Å². The number of fused-ring (bicyclic) bond motifs is 1. The molecule has 2 aromatic heterocycles. The van der Waals surface area contributed by atoms with Crippen molar-refractivity contribution in [3.05, 3.63) is 71.5 Å². The molecule has 0 spiro atoms. The third kappa shape index (κ3) is 4.27. The van der Waals surface area contributed by atoms with Crippen molar-refractivity contribution in [1.82, 2.24) is 14.5 Å². The van der Waals surface area contributed by atoms with Crippen molar-refractivity contribution in [3.8, 4) is 28.9 Å². The van der Waals surface area contributed by atoms with Crippen LogP contribution in [0.15, 0.2) is 54.9 Å². The second kappa shape index (κ2) is 9.41. The summed E-state index contributed by atoms with van der Waals surface area (Å²) in [6, 6.07) is 17.0. The average molecular weight is 415 g/mol. The third-order valence-corrected chi connectivity index (χ3v) is 4.96. The van der Waals surface area contributed by atoms with E-state index in [-0.39, 0.29) is 0 Å². The molecule has 2 aromatic carbocycles. The fraction of sp³-hybridized carbons (Fsp3) is 0.240. The van der Waals surface area contributed by atoms with E-state index in [1.165, 1.54) is 0 Å². The van der Waals surface area contributed by atoms with Crippen molar-refractivity contribution in [3.63, 3.8) is 0 Å². The van der Waals surface area contributed by atoms with Crippen LogP contribution in [0.5, 0.6) is 5.75 Å². The molecule has 1 N–H and O–H groups in total. The number of methoxy groups -OCH3 is 1. The lowest BCUT2D eigenvalue weighted by Crippen LogP contribution is -2.03. The summed E-state index contributed by atoms with van der Waals surface area (Å²) in [4.78, 5) is 9.33. The smallest absolute Gasteiger partial charge is 0.139 e. The van der Waals surface area contributed by atoms with Crippen LogP contribution in [0.4, 0.5) is 0 Å². The van der Waals surface area contributed by atoms with Gasteiger partial charge in [0.2, 0.25) is 0 Å². The van der Waals surface area contributed by atoms with Gasteiger partial charge in [0.15, 0.2) is 0 Å². The molecule has 6 heteroatoms. The van der Waals surface area contributed by atoms with Crippen molar-refractivity contribution in [1.29, 1.82) is 5.26 Å². The summed E-state index contributed by atoms with van der Waals surface area (Å²) >= 11 is 0. The van der Waals surface area contributed by atoms with Gasteiger partial charge in [0.1, 0.15) is 17.9 Å². The van der Waals surface area contributed by atoms with Crippen molar-refractivity contribution >= 4 is 11.0 Å². The first-order valence-corrected chi connectivity index (χ1v) is 10.2. The minimum absolute atomic E-state index is 0.576. The van der Waals surface area contributed by atoms with E-state index in [9.17, 15) is 5.11 Å². The molecule has 158 valence electrons. The maximum Gasteiger partial charge on any atom is 0.139 e. The molecule has 0 aliphatic heterocycles. The van der Waals surface area contributed by atoms with Gasteiger partial charge >= 0.3 is 0 Å². The van der Waals surface area contributed by atoms with E-state index in [4.69, 9.17) is 15.0 Å². The van der Waals surface area contributed by atoms with E-state index in [2.05, 4.69) is 11.1 Å². The zero-order valence-electron chi connectivity index (χ0n) is 18.4. The second-order valence-electron chi connectivity index (χ2n) is 6.90. The Labute approximate surface area is 182 Å². The number of pyridine rings is 1. The highest BCUT2D eigenvalue weighted by Gasteiger charge is 2.15. The number of benzene rings is 2. The van der Waals surface area contributed by atoms with Gasteiger partial charge in [-0.15, -0.1) is 0 Å². The van der Waals surface area contributed by atoms with Crippen molar-refractivity contribution < 1.29 is 9.84 Å². The standard InChI is InChI=1S/C23H20N4O2.C2H6/c1-14-10-19-20(11-21(14)29-3)27(13-25-19)22-9-8-18(15(2)28)23(26-22)17-6-4-16(12-24)5-7-17;1-2/h4-11,13,15,28H,1-3H3;1-2H3. The monoisotopic (exact) mass is 414 g/mol. The summed E-state index contributed by atoms with van der Waals surface area (Å²) in [6.45, 7) is 7.69. The lowest BCUT2D eigenvalue weighted by molar-refractivity contribution is 0.199. The number of aliphatic hydroxyl groups excluding tert-OH is 1. The van der Waals surface area contributed by atoms with Gasteiger partial charge in [0.25, 0.3) is 0 Å². The maximum absolute atomic E-state index is 10.2. The SMILES string of the molecule is CC.COc1cc2c(cc1C)ncn2-c1ccc(C(C)O)c(-c2ccc(C#N)cc2)n1.